The lowest BCUT2D eigenvalue weighted by molar-refractivity contribution is 1.04. The van der Waals surface area contributed by atoms with Crippen LogP contribution in [0.15, 0.2) is 53.6 Å². The smallest absolute Gasteiger partial charge is 0.157 e. The summed E-state index contributed by atoms with van der Waals surface area (Å²) in [6.07, 6.45) is 2.51. The number of halogens is 1. The van der Waals surface area contributed by atoms with Gasteiger partial charge in [-0.2, -0.15) is 10.4 Å². The van der Waals surface area contributed by atoms with Crippen LogP contribution in [0.4, 0.5) is 5.82 Å². The molecule has 2 aromatic heterocycles. The maximum absolute atomic E-state index is 9.74. The fourth-order valence-corrected chi connectivity index (χ4v) is 3.58. The second-order valence-electron chi connectivity index (χ2n) is 6.47. The molecular weight excluding hydrogens is 370 g/mol. The molecule has 0 aliphatic heterocycles. The molecule has 0 amide bonds. The number of hydrogen-bond donors (Lipinski definition) is 1. The standard InChI is InChI=1S/C22H18ClN5/c1-3-17-14(2)18(12-24)21-26-19-6-4-5-7-20(19)28(21)22(17)27-25-13-15-8-10-16(23)11-9-15/h4-11,13,27H,3H2,1-2H3. The molecule has 0 radical (unpaired) electrons. The van der Waals surface area contributed by atoms with E-state index in [1.54, 1.807) is 6.21 Å². The highest BCUT2D eigenvalue weighted by Crippen LogP contribution is 2.31. The van der Waals surface area contributed by atoms with E-state index in [-0.39, 0.29) is 0 Å². The second kappa shape index (κ2) is 7.34. The Morgan fingerprint density at radius 2 is 1.96 bits per heavy atom. The quantitative estimate of drug-likeness (QED) is 0.380. The molecule has 4 aromatic rings. The summed E-state index contributed by atoms with van der Waals surface area (Å²) in [5.74, 6) is 0.827. The summed E-state index contributed by atoms with van der Waals surface area (Å²) in [5.41, 5.74) is 9.12. The van der Waals surface area contributed by atoms with Crippen LogP contribution in [0.1, 0.15) is 29.2 Å². The Kier molecular flexibility index (Phi) is 4.72. The fraction of sp³-hybridized carbons (Fsp3) is 0.136. The van der Waals surface area contributed by atoms with Gasteiger partial charge in [0.25, 0.3) is 0 Å². The molecule has 0 spiro atoms. The number of aromatic nitrogens is 2. The zero-order chi connectivity index (χ0) is 19.7. The largest absolute Gasteiger partial charge is 0.276 e. The number of imidazole rings is 1. The topological polar surface area (TPSA) is 65.5 Å². The molecule has 0 bridgehead atoms. The molecule has 2 heterocycles. The van der Waals surface area contributed by atoms with Gasteiger partial charge in [0, 0.05) is 5.02 Å². The molecule has 4 rings (SSSR count). The van der Waals surface area contributed by atoms with Gasteiger partial charge in [-0.15, -0.1) is 0 Å². The Morgan fingerprint density at radius 3 is 2.68 bits per heavy atom. The zero-order valence-electron chi connectivity index (χ0n) is 15.6. The van der Waals surface area contributed by atoms with Crippen LogP contribution in [0.25, 0.3) is 16.7 Å². The first-order valence-corrected chi connectivity index (χ1v) is 9.39. The SMILES string of the molecule is CCc1c(C)c(C#N)c2nc3ccccc3n2c1NN=Cc1ccc(Cl)cc1. The van der Waals surface area contributed by atoms with Crippen molar-refractivity contribution < 1.29 is 0 Å². The molecule has 5 nitrogen and oxygen atoms in total. The predicted molar refractivity (Wildman–Crippen MR) is 114 cm³/mol. The predicted octanol–water partition coefficient (Wildman–Crippen LogP) is 5.33. The summed E-state index contributed by atoms with van der Waals surface area (Å²) in [5, 5.41) is 14.9. The number of hydrogen-bond acceptors (Lipinski definition) is 4. The van der Waals surface area contributed by atoms with Crippen LogP contribution in [0.3, 0.4) is 0 Å². The number of benzene rings is 2. The summed E-state index contributed by atoms with van der Waals surface area (Å²) < 4.78 is 1.99. The monoisotopic (exact) mass is 387 g/mol. The first-order valence-electron chi connectivity index (χ1n) is 9.01. The van der Waals surface area contributed by atoms with Gasteiger partial charge in [0.05, 0.1) is 22.8 Å². The number of anilines is 1. The van der Waals surface area contributed by atoms with Crippen LogP contribution >= 0.6 is 11.6 Å². The number of hydrazone groups is 1. The summed E-state index contributed by atoms with van der Waals surface area (Å²) in [6.45, 7) is 4.04. The Balaban J connectivity index is 1.91. The van der Waals surface area contributed by atoms with Crippen LogP contribution < -0.4 is 5.43 Å². The highest BCUT2D eigenvalue weighted by atomic mass is 35.5. The molecule has 0 saturated heterocycles. The molecular formula is C22H18ClN5. The van der Waals surface area contributed by atoms with Gasteiger partial charge in [-0.05, 0) is 54.3 Å². The van der Waals surface area contributed by atoms with E-state index in [4.69, 9.17) is 16.6 Å². The van der Waals surface area contributed by atoms with Crippen molar-refractivity contribution in [3.63, 3.8) is 0 Å². The van der Waals surface area contributed by atoms with Crippen LogP contribution in [0.5, 0.6) is 0 Å². The van der Waals surface area contributed by atoms with E-state index < -0.39 is 0 Å². The number of rotatable bonds is 4. The van der Waals surface area contributed by atoms with Crippen molar-refractivity contribution in [1.82, 2.24) is 9.38 Å². The summed E-state index contributed by atoms with van der Waals surface area (Å²) in [6, 6.07) is 17.6. The number of para-hydroxylation sites is 2. The Labute approximate surface area is 167 Å². The minimum Gasteiger partial charge on any atom is -0.276 e. The van der Waals surface area contributed by atoms with Gasteiger partial charge in [-0.1, -0.05) is 42.8 Å². The average Bonchev–Trinajstić information content (AvgIpc) is 3.08. The molecule has 6 heteroatoms. The molecule has 1 N–H and O–H groups in total. The van der Waals surface area contributed by atoms with E-state index in [2.05, 4.69) is 23.5 Å². The van der Waals surface area contributed by atoms with Gasteiger partial charge in [0.1, 0.15) is 11.9 Å². The van der Waals surface area contributed by atoms with Gasteiger partial charge in [0.2, 0.25) is 0 Å². The molecule has 0 unspecified atom stereocenters. The lowest BCUT2D eigenvalue weighted by atomic mass is 10.0. The number of nitrogens with one attached hydrogen (secondary N) is 1. The number of nitriles is 1. The van der Waals surface area contributed by atoms with E-state index >= 15 is 0 Å². The van der Waals surface area contributed by atoms with Gasteiger partial charge in [-0.25, -0.2) is 4.98 Å². The van der Waals surface area contributed by atoms with Crippen molar-refractivity contribution in [2.45, 2.75) is 20.3 Å². The maximum atomic E-state index is 9.74. The first kappa shape index (κ1) is 18.0. The van der Waals surface area contributed by atoms with Crippen molar-refractivity contribution in [1.29, 1.82) is 5.26 Å². The Bertz CT molecular complexity index is 1250. The van der Waals surface area contributed by atoms with Crippen molar-refractivity contribution in [3.8, 4) is 6.07 Å². The van der Waals surface area contributed by atoms with Crippen molar-refractivity contribution in [3.05, 3.63) is 75.8 Å². The highest BCUT2D eigenvalue weighted by molar-refractivity contribution is 6.30. The molecule has 0 atom stereocenters. The number of fused-ring (bicyclic) bond motifs is 3. The minimum absolute atomic E-state index is 0.597. The average molecular weight is 388 g/mol. The van der Waals surface area contributed by atoms with Crippen molar-refractivity contribution in [2.24, 2.45) is 5.10 Å². The van der Waals surface area contributed by atoms with E-state index in [1.165, 1.54) is 0 Å². The van der Waals surface area contributed by atoms with Gasteiger partial charge < -0.3 is 0 Å². The molecule has 28 heavy (non-hydrogen) atoms. The molecule has 0 fully saturated rings. The summed E-state index contributed by atoms with van der Waals surface area (Å²) in [4.78, 5) is 4.69. The third kappa shape index (κ3) is 2.98. The van der Waals surface area contributed by atoms with E-state index in [0.717, 1.165) is 40.0 Å². The Morgan fingerprint density at radius 1 is 1.21 bits per heavy atom. The zero-order valence-corrected chi connectivity index (χ0v) is 16.3. The lowest BCUT2D eigenvalue weighted by Gasteiger charge is -2.15. The summed E-state index contributed by atoms with van der Waals surface area (Å²) >= 11 is 5.94. The number of pyridine rings is 1. The first-order chi connectivity index (χ1) is 13.6. The van der Waals surface area contributed by atoms with Gasteiger partial charge >= 0.3 is 0 Å². The van der Waals surface area contributed by atoms with Crippen LogP contribution in [-0.4, -0.2) is 15.6 Å². The fourth-order valence-electron chi connectivity index (χ4n) is 3.45. The third-order valence-electron chi connectivity index (χ3n) is 4.84. The van der Waals surface area contributed by atoms with E-state index in [0.29, 0.717) is 16.2 Å². The van der Waals surface area contributed by atoms with E-state index in [9.17, 15) is 5.26 Å². The molecule has 2 aromatic carbocycles. The molecule has 0 aliphatic carbocycles. The van der Waals surface area contributed by atoms with Crippen LogP contribution in [0, 0.1) is 18.3 Å². The second-order valence-corrected chi connectivity index (χ2v) is 6.91. The lowest BCUT2D eigenvalue weighted by Crippen LogP contribution is -2.07. The third-order valence-corrected chi connectivity index (χ3v) is 5.09. The maximum Gasteiger partial charge on any atom is 0.157 e. The Hall–Kier alpha value is -3.36. The summed E-state index contributed by atoms with van der Waals surface area (Å²) in [7, 11) is 0. The van der Waals surface area contributed by atoms with Crippen LogP contribution in [0.2, 0.25) is 5.02 Å². The minimum atomic E-state index is 0.597. The highest BCUT2D eigenvalue weighted by Gasteiger charge is 2.19. The van der Waals surface area contributed by atoms with Gasteiger partial charge in [-0.3, -0.25) is 9.83 Å². The van der Waals surface area contributed by atoms with Crippen molar-refractivity contribution in [2.75, 3.05) is 5.43 Å². The van der Waals surface area contributed by atoms with Crippen molar-refractivity contribution >= 4 is 40.3 Å². The van der Waals surface area contributed by atoms with Crippen LogP contribution in [-0.2, 0) is 6.42 Å². The van der Waals surface area contributed by atoms with Gasteiger partial charge in [0.15, 0.2) is 5.65 Å². The molecule has 0 saturated carbocycles. The molecule has 0 aliphatic rings. The van der Waals surface area contributed by atoms with E-state index in [1.807, 2.05) is 59.9 Å². The normalized spacial score (nSPS) is 11.4. The molecule has 138 valence electrons. The number of nitrogens with zero attached hydrogens (tertiary/aromatic N) is 4.